The van der Waals surface area contributed by atoms with Gasteiger partial charge < -0.3 is 15.4 Å². The highest BCUT2D eigenvalue weighted by molar-refractivity contribution is 5.96. The summed E-state index contributed by atoms with van der Waals surface area (Å²) < 4.78 is 44.8. The lowest BCUT2D eigenvalue weighted by molar-refractivity contribution is -0.130. The predicted octanol–water partition coefficient (Wildman–Crippen LogP) is 2.89. The van der Waals surface area contributed by atoms with Crippen LogP contribution in [0.5, 0.6) is 0 Å². The van der Waals surface area contributed by atoms with E-state index in [0.29, 0.717) is 11.6 Å². The number of benzene rings is 2. The van der Waals surface area contributed by atoms with Crippen LogP contribution in [0.4, 0.5) is 18.9 Å². The number of anilines is 1. The Morgan fingerprint density at radius 2 is 1.77 bits per heavy atom. The number of carbonyl (C=O) groups excluding carboxylic acids is 3. The minimum Gasteiger partial charge on any atom is -0.449 e. The molecule has 3 rings (SSSR count). The molecule has 0 spiro atoms. The van der Waals surface area contributed by atoms with E-state index < -0.39 is 53.6 Å². The van der Waals surface area contributed by atoms with Crippen molar-refractivity contribution < 1.29 is 32.3 Å². The van der Waals surface area contributed by atoms with Crippen LogP contribution >= 0.6 is 0 Å². The standard InChI is InChI=1S/C21H19F3N2O4/c1-11(30-21(29)14-6-5-12-3-2-4-13(12)9-14)20(28)25-10-17(27)26-16-8-7-15(22)18(23)19(16)24/h5-9,11H,2-4,10H2,1H3,(H,25,28)(H,26,27). The second kappa shape index (κ2) is 8.98. The SMILES string of the molecule is CC(OC(=O)c1ccc2c(c1)CCC2)C(=O)NCC(=O)Nc1ccc(F)c(F)c1F. The van der Waals surface area contributed by atoms with Gasteiger partial charge in [-0.05, 0) is 61.6 Å². The summed E-state index contributed by atoms with van der Waals surface area (Å²) in [5.74, 6) is -6.94. The Bertz CT molecular complexity index is 1010. The van der Waals surface area contributed by atoms with Gasteiger partial charge >= 0.3 is 5.97 Å². The number of aryl methyl sites for hydroxylation is 2. The predicted molar refractivity (Wildman–Crippen MR) is 101 cm³/mol. The van der Waals surface area contributed by atoms with Crippen molar-refractivity contribution in [1.29, 1.82) is 0 Å². The monoisotopic (exact) mass is 420 g/mol. The quantitative estimate of drug-likeness (QED) is 0.556. The second-order valence-corrected chi connectivity index (χ2v) is 6.87. The van der Waals surface area contributed by atoms with Gasteiger partial charge in [-0.25, -0.2) is 18.0 Å². The van der Waals surface area contributed by atoms with Gasteiger partial charge in [-0.15, -0.1) is 0 Å². The summed E-state index contributed by atoms with van der Waals surface area (Å²) in [6.45, 7) is 0.755. The first-order chi connectivity index (χ1) is 14.3. The maximum absolute atomic E-state index is 13.6. The van der Waals surface area contributed by atoms with Gasteiger partial charge in [0.2, 0.25) is 5.91 Å². The van der Waals surface area contributed by atoms with Crippen molar-refractivity contribution >= 4 is 23.5 Å². The number of hydrogen-bond acceptors (Lipinski definition) is 4. The van der Waals surface area contributed by atoms with Crippen molar-refractivity contribution in [2.45, 2.75) is 32.3 Å². The molecule has 2 amide bonds. The molecule has 0 aromatic heterocycles. The average molecular weight is 420 g/mol. The van der Waals surface area contributed by atoms with Crippen LogP contribution in [-0.2, 0) is 27.2 Å². The van der Waals surface area contributed by atoms with Gasteiger partial charge in [-0.1, -0.05) is 6.07 Å². The zero-order valence-electron chi connectivity index (χ0n) is 16.1. The van der Waals surface area contributed by atoms with Crippen LogP contribution in [-0.4, -0.2) is 30.4 Å². The number of amides is 2. The van der Waals surface area contributed by atoms with Crippen molar-refractivity contribution in [3.8, 4) is 0 Å². The summed E-state index contributed by atoms with van der Waals surface area (Å²) in [4.78, 5) is 36.1. The molecule has 0 saturated carbocycles. The molecule has 9 heteroatoms. The van der Waals surface area contributed by atoms with Crippen LogP contribution in [0.3, 0.4) is 0 Å². The van der Waals surface area contributed by atoms with E-state index in [1.807, 2.05) is 11.4 Å². The van der Waals surface area contributed by atoms with E-state index >= 15 is 0 Å². The minimum absolute atomic E-state index is 0.335. The van der Waals surface area contributed by atoms with E-state index in [4.69, 9.17) is 4.74 Å². The molecule has 0 aliphatic heterocycles. The molecule has 2 N–H and O–H groups in total. The van der Waals surface area contributed by atoms with Gasteiger partial charge in [0.05, 0.1) is 17.8 Å². The summed E-state index contributed by atoms with van der Waals surface area (Å²) in [5, 5.41) is 4.25. The third-order valence-electron chi connectivity index (χ3n) is 4.72. The third-order valence-corrected chi connectivity index (χ3v) is 4.72. The van der Waals surface area contributed by atoms with Crippen LogP contribution in [0.25, 0.3) is 0 Å². The lowest BCUT2D eigenvalue weighted by Gasteiger charge is -2.14. The fraction of sp³-hybridized carbons (Fsp3) is 0.286. The number of rotatable bonds is 6. The highest BCUT2D eigenvalue weighted by atomic mass is 19.2. The van der Waals surface area contributed by atoms with Gasteiger partial charge in [-0.2, -0.15) is 0 Å². The minimum atomic E-state index is -1.72. The van der Waals surface area contributed by atoms with Gasteiger partial charge in [-0.3, -0.25) is 9.59 Å². The fourth-order valence-electron chi connectivity index (χ4n) is 3.11. The first-order valence-electron chi connectivity index (χ1n) is 9.30. The van der Waals surface area contributed by atoms with Gasteiger partial charge in [0.1, 0.15) is 0 Å². The van der Waals surface area contributed by atoms with E-state index in [1.165, 1.54) is 12.5 Å². The molecule has 158 valence electrons. The molecular formula is C21H19F3N2O4. The van der Waals surface area contributed by atoms with E-state index in [-0.39, 0.29) is 0 Å². The van der Waals surface area contributed by atoms with E-state index in [1.54, 1.807) is 12.1 Å². The number of esters is 1. The Kier molecular flexibility index (Phi) is 6.39. The maximum Gasteiger partial charge on any atom is 0.338 e. The van der Waals surface area contributed by atoms with Gasteiger partial charge in [0, 0.05) is 0 Å². The highest BCUT2D eigenvalue weighted by Crippen LogP contribution is 2.23. The number of ether oxygens (including phenoxy) is 1. The number of halogens is 3. The van der Waals surface area contributed by atoms with Crippen LogP contribution in [0.1, 0.15) is 34.8 Å². The zero-order chi connectivity index (χ0) is 21.8. The van der Waals surface area contributed by atoms with Crippen LogP contribution in [0, 0.1) is 17.5 Å². The highest BCUT2D eigenvalue weighted by Gasteiger charge is 2.21. The molecule has 0 bridgehead atoms. The lowest BCUT2D eigenvalue weighted by Crippen LogP contribution is -2.40. The van der Waals surface area contributed by atoms with Crippen LogP contribution in [0.15, 0.2) is 30.3 Å². The largest absolute Gasteiger partial charge is 0.449 e. The summed E-state index contributed by atoms with van der Waals surface area (Å²) >= 11 is 0. The second-order valence-electron chi connectivity index (χ2n) is 6.87. The van der Waals surface area contributed by atoms with Crippen molar-refractivity contribution in [1.82, 2.24) is 5.32 Å². The molecular weight excluding hydrogens is 401 g/mol. The molecule has 6 nitrogen and oxygen atoms in total. The van der Waals surface area contributed by atoms with Crippen molar-refractivity contribution in [2.24, 2.45) is 0 Å². The molecule has 1 aliphatic carbocycles. The fourth-order valence-corrected chi connectivity index (χ4v) is 3.11. The summed E-state index contributed by atoms with van der Waals surface area (Å²) in [6.07, 6.45) is 1.71. The topological polar surface area (TPSA) is 84.5 Å². The maximum atomic E-state index is 13.6. The van der Waals surface area contributed by atoms with Crippen molar-refractivity contribution in [3.05, 3.63) is 64.5 Å². The van der Waals surface area contributed by atoms with E-state index in [2.05, 4.69) is 5.32 Å². The smallest absolute Gasteiger partial charge is 0.338 e. The first kappa shape index (κ1) is 21.4. The van der Waals surface area contributed by atoms with Gasteiger partial charge in [0.25, 0.3) is 5.91 Å². The molecule has 0 radical (unpaired) electrons. The van der Waals surface area contributed by atoms with Crippen molar-refractivity contribution in [2.75, 3.05) is 11.9 Å². The molecule has 2 aromatic rings. The van der Waals surface area contributed by atoms with Crippen LogP contribution in [0.2, 0.25) is 0 Å². The Labute approximate surface area is 170 Å². The van der Waals surface area contributed by atoms with Gasteiger partial charge in [0.15, 0.2) is 23.6 Å². The number of fused-ring (bicyclic) bond motifs is 1. The average Bonchev–Trinajstić information content (AvgIpc) is 3.20. The van der Waals surface area contributed by atoms with Crippen molar-refractivity contribution in [3.63, 3.8) is 0 Å². The molecule has 2 aromatic carbocycles. The third kappa shape index (κ3) is 4.79. The Morgan fingerprint density at radius 3 is 2.53 bits per heavy atom. The molecule has 0 saturated heterocycles. The molecule has 1 atom stereocenters. The number of hydrogen-bond donors (Lipinski definition) is 2. The molecule has 1 unspecified atom stereocenters. The van der Waals surface area contributed by atoms with Crippen LogP contribution < -0.4 is 10.6 Å². The number of nitrogens with one attached hydrogen (secondary N) is 2. The zero-order valence-corrected chi connectivity index (χ0v) is 16.1. The molecule has 0 heterocycles. The van der Waals surface area contributed by atoms with E-state index in [9.17, 15) is 27.6 Å². The Hall–Kier alpha value is -3.36. The number of carbonyl (C=O) groups is 3. The summed E-state index contributed by atoms with van der Waals surface area (Å²) in [7, 11) is 0. The van der Waals surface area contributed by atoms with E-state index in [0.717, 1.165) is 30.9 Å². The molecule has 1 aliphatic rings. The summed E-state index contributed by atoms with van der Waals surface area (Å²) in [6, 6.07) is 6.77. The normalized spacial score (nSPS) is 13.3. The first-order valence-corrected chi connectivity index (χ1v) is 9.30. The lowest BCUT2D eigenvalue weighted by atomic mass is 10.1. The molecule has 0 fully saturated rings. The summed E-state index contributed by atoms with van der Waals surface area (Å²) in [5.41, 5.74) is 2.05. The Balaban J connectivity index is 1.50. The molecule has 30 heavy (non-hydrogen) atoms. The Morgan fingerprint density at radius 1 is 1.03 bits per heavy atom.